The van der Waals surface area contributed by atoms with Gasteiger partial charge in [0.2, 0.25) is 0 Å². The number of hydrogen-bond donors (Lipinski definition) is 3. The molecule has 1 unspecified atom stereocenters. The zero-order valence-corrected chi connectivity index (χ0v) is 13.4. The van der Waals surface area contributed by atoms with Crippen LogP contribution in [-0.4, -0.2) is 40.7 Å². The SMILES string of the molecule is CC(C)(C)CC(CC(=O)O)NC(=O)NC1CCSCC1. The predicted molar refractivity (Wildman–Crippen MR) is 82.1 cm³/mol. The van der Waals surface area contributed by atoms with Gasteiger partial charge in [0, 0.05) is 12.1 Å². The summed E-state index contributed by atoms with van der Waals surface area (Å²) >= 11 is 1.91. The van der Waals surface area contributed by atoms with Crippen LogP contribution in [0.4, 0.5) is 4.79 Å². The van der Waals surface area contributed by atoms with Crippen molar-refractivity contribution in [1.82, 2.24) is 10.6 Å². The summed E-state index contributed by atoms with van der Waals surface area (Å²) in [7, 11) is 0. The quantitative estimate of drug-likeness (QED) is 0.729. The highest BCUT2D eigenvalue weighted by atomic mass is 32.2. The molecule has 1 saturated heterocycles. The van der Waals surface area contributed by atoms with Crippen LogP contribution in [0.5, 0.6) is 0 Å². The lowest BCUT2D eigenvalue weighted by molar-refractivity contribution is -0.137. The van der Waals surface area contributed by atoms with Gasteiger partial charge in [-0.15, -0.1) is 0 Å². The lowest BCUT2D eigenvalue weighted by Crippen LogP contribution is -2.48. The zero-order chi connectivity index (χ0) is 15.2. The summed E-state index contributed by atoms with van der Waals surface area (Å²) in [6.45, 7) is 6.12. The van der Waals surface area contributed by atoms with Crippen molar-refractivity contribution in [1.29, 1.82) is 0 Å². The fourth-order valence-electron chi connectivity index (χ4n) is 2.38. The lowest BCUT2D eigenvalue weighted by atomic mass is 9.87. The van der Waals surface area contributed by atoms with Crippen LogP contribution >= 0.6 is 11.8 Å². The molecule has 1 atom stereocenters. The molecule has 0 aliphatic carbocycles. The normalized spacial score (nSPS) is 18.4. The van der Waals surface area contributed by atoms with E-state index in [1.54, 1.807) is 0 Å². The predicted octanol–water partition coefficient (Wildman–Crippen LogP) is 2.46. The highest BCUT2D eigenvalue weighted by Gasteiger charge is 2.24. The van der Waals surface area contributed by atoms with Gasteiger partial charge in [-0.25, -0.2) is 4.79 Å². The summed E-state index contributed by atoms with van der Waals surface area (Å²) in [5.41, 5.74) is -0.0190. The Balaban J connectivity index is 2.45. The molecule has 1 fully saturated rings. The molecule has 20 heavy (non-hydrogen) atoms. The molecule has 2 amide bonds. The van der Waals surface area contributed by atoms with Crippen molar-refractivity contribution in [3.63, 3.8) is 0 Å². The van der Waals surface area contributed by atoms with Crippen molar-refractivity contribution in [2.45, 2.75) is 58.5 Å². The third kappa shape index (κ3) is 7.62. The van der Waals surface area contributed by atoms with Crippen LogP contribution in [0.1, 0.15) is 46.5 Å². The number of carboxylic acids is 1. The summed E-state index contributed by atoms with van der Waals surface area (Å²) in [4.78, 5) is 22.9. The van der Waals surface area contributed by atoms with Crippen molar-refractivity contribution in [3.05, 3.63) is 0 Å². The monoisotopic (exact) mass is 302 g/mol. The van der Waals surface area contributed by atoms with Gasteiger partial charge in [0.15, 0.2) is 0 Å². The molecular formula is C14H26N2O3S. The highest BCUT2D eigenvalue weighted by Crippen LogP contribution is 2.22. The Morgan fingerprint density at radius 3 is 2.40 bits per heavy atom. The van der Waals surface area contributed by atoms with Gasteiger partial charge in [-0.3, -0.25) is 4.79 Å². The number of urea groups is 1. The smallest absolute Gasteiger partial charge is 0.315 e. The van der Waals surface area contributed by atoms with Gasteiger partial charge < -0.3 is 15.7 Å². The largest absolute Gasteiger partial charge is 0.481 e. The maximum Gasteiger partial charge on any atom is 0.315 e. The van der Waals surface area contributed by atoms with Crippen molar-refractivity contribution in [2.24, 2.45) is 5.41 Å². The van der Waals surface area contributed by atoms with Crippen molar-refractivity contribution in [2.75, 3.05) is 11.5 Å². The van der Waals surface area contributed by atoms with Gasteiger partial charge in [-0.2, -0.15) is 11.8 Å². The minimum absolute atomic E-state index is 0.0190. The van der Waals surface area contributed by atoms with E-state index in [0.717, 1.165) is 24.3 Å². The van der Waals surface area contributed by atoms with E-state index in [2.05, 4.69) is 10.6 Å². The minimum Gasteiger partial charge on any atom is -0.481 e. The molecule has 0 bridgehead atoms. The molecule has 0 saturated carbocycles. The average molecular weight is 302 g/mol. The molecule has 0 radical (unpaired) electrons. The zero-order valence-electron chi connectivity index (χ0n) is 12.6. The van der Waals surface area contributed by atoms with Gasteiger partial charge in [0.25, 0.3) is 0 Å². The second-order valence-corrected chi connectivity index (χ2v) is 7.79. The lowest BCUT2D eigenvalue weighted by Gasteiger charge is -2.28. The summed E-state index contributed by atoms with van der Waals surface area (Å²) < 4.78 is 0. The second kappa shape index (κ2) is 7.76. The number of carboxylic acid groups (broad SMARTS) is 1. The number of amides is 2. The molecule has 1 heterocycles. The molecule has 6 heteroatoms. The number of carbonyl (C=O) groups is 2. The standard InChI is InChI=1S/C14H26N2O3S/c1-14(2,3)9-11(8-12(17)18)16-13(19)15-10-4-6-20-7-5-10/h10-11H,4-9H2,1-3H3,(H,17,18)(H2,15,16,19). The van der Waals surface area contributed by atoms with Crippen LogP contribution in [0.25, 0.3) is 0 Å². The van der Waals surface area contributed by atoms with Gasteiger partial charge in [0.05, 0.1) is 6.42 Å². The highest BCUT2D eigenvalue weighted by molar-refractivity contribution is 7.99. The second-order valence-electron chi connectivity index (χ2n) is 6.56. The number of thioether (sulfide) groups is 1. The third-order valence-corrected chi connectivity index (χ3v) is 4.22. The van der Waals surface area contributed by atoms with Crippen LogP contribution < -0.4 is 10.6 Å². The molecule has 0 aromatic carbocycles. The van der Waals surface area contributed by atoms with Crippen molar-refractivity contribution < 1.29 is 14.7 Å². The van der Waals surface area contributed by atoms with Gasteiger partial charge >= 0.3 is 12.0 Å². The third-order valence-electron chi connectivity index (χ3n) is 3.17. The molecule has 1 aliphatic rings. The summed E-state index contributed by atoms with van der Waals surface area (Å²) in [5.74, 6) is 1.27. The number of nitrogens with one attached hydrogen (secondary N) is 2. The average Bonchev–Trinajstić information content (AvgIpc) is 2.26. The van der Waals surface area contributed by atoms with E-state index in [1.807, 2.05) is 32.5 Å². The minimum atomic E-state index is -0.881. The summed E-state index contributed by atoms with van der Waals surface area (Å²) in [6.07, 6.45) is 2.58. The Kier molecular flexibility index (Phi) is 6.65. The number of hydrogen-bond acceptors (Lipinski definition) is 3. The summed E-state index contributed by atoms with van der Waals surface area (Å²) in [5, 5.41) is 14.7. The van der Waals surface area contributed by atoms with Crippen LogP contribution in [0, 0.1) is 5.41 Å². The maximum absolute atomic E-state index is 12.0. The molecule has 0 spiro atoms. The van der Waals surface area contributed by atoms with Crippen LogP contribution in [0.2, 0.25) is 0 Å². The Morgan fingerprint density at radius 1 is 1.30 bits per heavy atom. The van der Waals surface area contributed by atoms with Gasteiger partial charge in [-0.05, 0) is 36.2 Å². The molecular weight excluding hydrogens is 276 g/mol. The van der Waals surface area contributed by atoms with E-state index >= 15 is 0 Å². The van der Waals surface area contributed by atoms with E-state index in [0.29, 0.717) is 6.42 Å². The topological polar surface area (TPSA) is 78.4 Å². The molecule has 0 aromatic rings. The maximum atomic E-state index is 12.0. The number of aliphatic carboxylic acids is 1. The molecule has 3 N–H and O–H groups in total. The van der Waals surface area contributed by atoms with E-state index < -0.39 is 5.97 Å². The van der Waals surface area contributed by atoms with E-state index in [4.69, 9.17) is 5.11 Å². The number of rotatable bonds is 5. The van der Waals surface area contributed by atoms with Crippen LogP contribution in [0.15, 0.2) is 0 Å². The van der Waals surface area contributed by atoms with Crippen LogP contribution in [0.3, 0.4) is 0 Å². The molecule has 1 rings (SSSR count). The van der Waals surface area contributed by atoms with E-state index in [9.17, 15) is 9.59 Å². The first-order valence-corrected chi connectivity index (χ1v) is 8.28. The van der Waals surface area contributed by atoms with Gasteiger partial charge in [0.1, 0.15) is 0 Å². The van der Waals surface area contributed by atoms with E-state index in [-0.39, 0.29) is 30.0 Å². The Morgan fingerprint density at radius 2 is 1.90 bits per heavy atom. The fraction of sp³-hybridized carbons (Fsp3) is 0.857. The van der Waals surface area contributed by atoms with Crippen molar-refractivity contribution >= 4 is 23.8 Å². The number of carbonyl (C=O) groups excluding carboxylic acids is 1. The first-order chi connectivity index (χ1) is 9.26. The Hall–Kier alpha value is -0.910. The first-order valence-electron chi connectivity index (χ1n) is 7.13. The first kappa shape index (κ1) is 17.1. The Bertz CT molecular complexity index is 336. The molecule has 5 nitrogen and oxygen atoms in total. The van der Waals surface area contributed by atoms with Crippen molar-refractivity contribution in [3.8, 4) is 0 Å². The molecule has 116 valence electrons. The molecule has 1 aliphatic heterocycles. The van der Waals surface area contributed by atoms with Crippen LogP contribution in [-0.2, 0) is 4.79 Å². The Labute approximate surface area is 125 Å². The summed E-state index contributed by atoms with van der Waals surface area (Å²) in [6, 6.07) is -0.348. The fourth-order valence-corrected chi connectivity index (χ4v) is 3.49. The van der Waals surface area contributed by atoms with E-state index in [1.165, 1.54) is 0 Å². The molecule has 0 aromatic heterocycles. The van der Waals surface area contributed by atoms with Gasteiger partial charge in [-0.1, -0.05) is 20.8 Å².